The zero-order chi connectivity index (χ0) is 12.3. The zero-order valence-corrected chi connectivity index (χ0v) is 11.0. The fourth-order valence-corrected chi connectivity index (χ4v) is 3.40. The number of nitrogens with one attached hydrogen (secondary N) is 1. The molecule has 2 heterocycles. The van der Waals surface area contributed by atoms with Crippen molar-refractivity contribution in [2.24, 2.45) is 0 Å². The van der Waals surface area contributed by atoms with E-state index in [-0.39, 0.29) is 5.60 Å². The van der Waals surface area contributed by atoms with Crippen molar-refractivity contribution in [3.05, 3.63) is 24.2 Å². The molecular formula is C15H23NO2. The summed E-state index contributed by atoms with van der Waals surface area (Å²) in [6, 6.07) is 2.63. The topological polar surface area (TPSA) is 34.4 Å². The molecule has 3 nitrogen and oxygen atoms in total. The largest absolute Gasteiger partial charge is 0.472 e. The number of furan rings is 1. The van der Waals surface area contributed by atoms with E-state index in [0.717, 1.165) is 19.6 Å². The van der Waals surface area contributed by atoms with E-state index in [9.17, 15) is 0 Å². The summed E-state index contributed by atoms with van der Waals surface area (Å²) >= 11 is 0. The monoisotopic (exact) mass is 249 g/mol. The van der Waals surface area contributed by atoms with Gasteiger partial charge in [0.1, 0.15) is 0 Å². The third kappa shape index (κ3) is 2.78. The standard InChI is InChI=1S/C15H23NO2/c1-2-6-15(7-3-1)10-14(5-9-18-15)16-11-13-4-8-17-12-13/h4,8,12,14,16H,1-3,5-7,9-11H2. The van der Waals surface area contributed by atoms with Crippen LogP contribution in [0.1, 0.15) is 50.5 Å². The second-order valence-corrected chi connectivity index (χ2v) is 5.79. The van der Waals surface area contributed by atoms with E-state index in [1.165, 1.54) is 44.1 Å². The van der Waals surface area contributed by atoms with Gasteiger partial charge in [-0.3, -0.25) is 0 Å². The van der Waals surface area contributed by atoms with E-state index in [2.05, 4.69) is 5.32 Å². The number of rotatable bonds is 3. The van der Waals surface area contributed by atoms with Crippen LogP contribution in [0.5, 0.6) is 0 Å². The summed E-state index contributed by atoms with van der Waals surface area (Å²) in [6.45, 7) is 1.83. The van der Waals surface area contributed by atoms with Crippen molar-refractivity contribution in [1.29, 1.82) is 0 Å². The highest BCUT2D eigenvalue weighted by Gasteiger charge is 2.38. The van der Waals surface area contributed by atoms with Crippen molar-refractivity contribution in [1.82, 2.24) is 5.32 Å². The molecule has 0 amide bonds. The van der Waals surface area contributed by atoms with Crippen molar-refractivity contribution in [3.8, 4) is 0 Å². The normalized spacial score (nSPS) is 27.4. The molecule has 18 heavy (non-hydrogen) atoms. The number of ether oxygens (including phenoxy) is 1. The minimum atomic E-state index is 0.199. The molecule has 1 spiro atoms. The van der Waals surface area contributed by atoms with Crippen molar-refractivity contribution < 1.29 is 9.15 Å². The van der Waals surface area contributed by atoms with Gasteiger partial charge in [0.2, 0.25) is 0 Å². The van der Waals surface area contributed by atoms with Gasteiger partial charge in [-0.05, 0) is 31.7 Å². The van der Waals surface area contributed by atoms with Crippen molar-refractivity contribution in [2.45, 2.75) is 63.1 Å². The lowest BCUT2D eigenvalue weighted by atomic mass is 9.78. The lowest BCUT2D eigenvalue weighted by Gasteiger charge is -2.43. The van der Waals surface area contributed by atoms with Gasteiger partial charge in [-0.1, -0.05) is 19.3 Å². The predicted molar refractivity (Wildman–Crippen MR) is 70.3 cm³/mol. The highest BCUT2D eigenvalue weighted by Crippen LogP contribution is 2.38. The van der Waals surface area contributed by atoms with E-state index >= 15 is 0 Å². The first-order valence-corrected chi connectivity index (χ1v) is 7.25. The van der Waals surface area contributed by atoms with Crippen LogP contribution in [0.2, 0.25) is 0 Å². The molecule has 2 fully saturated rings. The Hall–Kier alpha value is -0.800. The van der Waals surface area contributed by atoms with Crippen LogP contribution in [0.15, 0.2) is 23.0 Å². The maximum Gasteiger partial charge on any atom is 0.0947 e. The summed E-state index contributed by atoms with van der Waals surface area (Å²) in [4.78, 5) is 0. The maximum atomic E-state index is 6.12. The maximum absolute atomic E-state index is 6.12. The fraction of sp³-hybridized carbons (Fsp3) is 0.733. The Morgan fingerprint density at radius 2 is 2.17 bits per heavy atom. The van der Waals surface area contributed by atoms with Gasteiger partial charge in [-0.25, -0.2) is 0 Å². The van der Waals surface area contributed by atoms with Gasteiger partial charge in [0, 0.05) is 24.8 Å². The van der Waals surface area contributed by atoms with Crippen LogP contribution in [0.4, 0.5) is 0 Å². The molecule has 100 valence electrons. The Balaban J connectivity index is 1.53. The molecule has 1 atom stereocenters. The van der Waals surface area contributed by atoms with Gasteiger partial charge in [0.25, 0.3) is 0 Å². The molecule has 1 aliphatic heterocycles. The molecule has 1 aliphatic carbocycles. The van der Waals surface area contributed by atoms with Crippen LogP contribution in [0.3, 0.4) is 0 Å². The highest BCUT2D eigenvalue weighted by atomic mass is 16.5. The van der Waals surface area contributed by atoms with Crippen molar-refractivity contribution >= 4 is 0 Å². The molecule has 0 radical (unpaired) electrons. The van der Waals surface area contributed by atoms with Gasteiger partial charge in [-0.2, -0.15) is 0 Å². The summed E-state index contributed by atoms with van der Waals surface area (Å²) < 4.78 is 11.2. The molecule has 1 unspecified atom stereocenters. The lowest BCUT2D eigenvalue weighted by Crippen LogP contribution is -2.47. The SMILES string of the molecule is c1cc(CNC2CCOC3(CCCCC3)C2)co1. The van der Waals surface area contributed by atoms with Crippen LogP contribution in [0, 0.1) is 0 Å². The Labute approximate surface area is 109 Å². The molecule has 1 saturated heterocycles. The second-order valence-electron chi connectivity index (χ2n) is 5.79. The van der Waals surface area contributed by atoms with Crippen LogP contribution in [0.25, 0.3) is 0 Å². The van der Waals surface area contributed by atoms with Gasteiger partial charge >= 0.3 is 0 Å². The van der Waals surface area contributed by atoms with Crippen LogP contribution >= 0.6 is 0 Å². The summed E-state index contributed by atoms with van der Waals surface area (Å²) in [6.07, 6.45) is 12.5. The van der Waals surface area contributed by atoms with Crippen LogP contribution in [-0.4, -0.2) is 18.2 Å². The fourth-order valence-electron chi connectivity index (χ4n) is 3.40. The van der Waals surface area contributed by atoms with Gasteiger partial charge in [0.05, 0.1) is 18.1 Å². The van der Waals surface area contributed by atoms with E-state index in [1.54, 1.807) is 6.26 Å². The number of hydrogen-bond donors (Lipinski definition) is 1. The van der Waals surface area contributed by atoms with E-state index in [1.807, 2.05) is 12.3 Å². The summed E-state index contributed by atoms with van der Waals surface area (Å²) in [7, 11) is 0. The second kappa shape index (κ2) is 5.45. The minimum absolute atomic E-state index is 0.199. The van der Waals surface area contributed by atoms with Crippen molar-refractivity contribution in [3.63, 3.8) is 0 Å². The molecule has 1 N–H and O–H groups in total. The molecule has 1 aromatic rings. The molecule has 1 saturated carbocycles. The van der Waals surface area contributed by atoms with E-state index in [0.29, 0.717) is 6.04 Å². The first-order valence-electron chi connectivity index (χ1n) is 7.25. The van der Waals surface area contributed by atoms with Crippen LogP contribution in [-0.2, 0) is 11.3 Å². The third-order valence-corrected chi connectivity index (χ3v) is 4.43. The zero-order valence-electron chi connectivity index (χ0n) is 11.0. The molecule has 3 rings (SSSR count). The Morgan fingerprint density at radius 1 is 1.28 bits per heavy atom. The first-order chi connectivity index (χ1) is 8.86. The smallest absolute Gasteiger partial charge is 0.0947 e. The Morgan fingerprint density at radius 3 is 2.94 bits per heavy atom. The molecule has 2 aliphatic rings. The summed E-state index contributed by atoms with van der Waals surface area (Å²) in [5.41, 5.74) is 1.43. The molecule has 0 aromatic carbocycles. The van der Waals surface area contributed by atoms with E-state index < -0.39 is 0 Å². The molecule has 0 bridgehead atoms. The highest BCUT2D eigenvalue weighted by molar-refractivity contribution is 5.05. The predicted octanol–water partition coefficient (Wildman–Crippen LogP) is 3.25. The number of hydrogen-bond acceptors (Lipinski definition) is 3. The summed E-state index contributed by atoms with van der Waals surface area (Å²) in [5, 5.41) is 3.66. The van der Waals surface area contributed by atoms with Gasteiger partial charge < -0.3 is 14.5 Å². The molecule has 3 heteroatoms. The van der Waals surface area contributed by atoms with E-state index in [4.69, 9.17) is 9.15 Å². The lowest BCUT2D eigenvalue weighted by molar-refractivity contribution is -0.109. The van der Waals surface area contributed by atoms with Gasteiger partial charge in [-0.15, -0.1) is 0 Å². The average Bonchev–Trinajstić information content (AvgIpc) is 2.91. The molecule has 1 aromatic heterocycles. The Kier molecular flexibility index (Phi) is 3.71. The third-order valence-electron chi connectivity index (χ3n) is 4.43. The van der Waals surface area contributed by atoms with Crippen LogP contribution < -0.4 is 5.32 Å². The summed E-state index contributed by atoms with van der Waals surface area (Å²) in [5.74, 6) is 0. The first kappa shape index (κ1) is 12.2. The minimum Gasteiger partial charge on any atom is -0.472 e. The quantitative estimate of drug-likeness (QED) is 0.893. The average molecular weight is 249 g/mol. The van der Waals surface area contributed by atoms with Gasteiger partial charge in [0.15, 0.2) is 0 Å². The molecular weight excluding hydrogens is 226 g/mol. The Bertz CT molecular complexity index is 349. The van der Waals surface area contributed by atoms with Crippen molar-refractivity contribution in [2.75, 3.05) is 6.61 Å².